The molecule has 160 valence electrons. The molecule has 4 heteroatoms. The van der Waals surface area contributed by atoms with Crippen LogP contribution in [0.1, 0.15) is 70.4 Å². The number of phenols is 1. The average molecular weight is 409 g/mol. The summed E-state index contributed by atoms with van der Waals surface area (Å²) in [5.74, 6) is 0.529. The van der Waals surface area contributed by atoms with Gasteiger partial charge in [0.25, 0.3) is 0 Å². The van der Waals surface area contributed by atoms with Crippen LogP contribution in [0.15, 0.2) is 54.1 Å². The van der Waals surface area contributed by atoms with Crippen molar-refractivity contribution in [3.8, 4) is 11.5 Å². The van der Waals surface area contributed by atoms with E-state index in [2.05, 4.69) is 12.1 Å². The largest absolute Gasteiger partial charge is 0.508 e. The summed E-state index contributed by atoms with van der Waals surface area (Å²) in [5.41, 5.74) is 3.91. The first-order chi connectivity index (χ1) is 14.4. The highest BCUT2D eigenvalue weighted by Gasteiger charge is 2.31. The molecule has 0 aliphatic heterocycles. The van der Waals surface area contributed by atoms with Crippen LogP contribution in [-0.2, 0) is 9.53 Å². The molecule has 1 aliphatic carbocycles. The molecular weight excluding hydrogens is 376 g/mol. The van der Waals surface area contributed by atoms with Crippen molar-refractivity contribution in [3.05, 3.63) is 65.2 Å². The highest BCUT2D eigenvalue weighted by atomic mass is 16.6. The lowest BCUT2D eigenvalue weighted by molar-refractivity contribution is -0.158. The maximum Gasteiger partial charge on any atom is 0.349 e. The highest BCUT2D eigenvalue weighted by Crippen LogP contribution is 2.35. The van der Waals surface area contributed by atoms with E-state index in [9.17, 15) is 9.90 Å². The fourth-order valence-electron chi connectivity index (χ4n) is 3.94. The fraction of sp³-hybridized carbons (Fsp3) is 0.423. The Bertz CT molecular complexity index is 866. The molecule has 3 rings (SSSR count). The molecule has 1 N–H and O–H groups in total. The summed E-state index contributed by atoms with van der Waals surface area (Å²) in [4.78, 5) is 12.1. The predicted octanol–water partition coefficient (Wildman–Crippen LogP) is 6.27. The standard InChI is InChI=1S/C26H32O4/c1-4-29-25(28)26(2,3)30-23-17-13-21(14-18-23)24(19-9-7-5-6-8-10-19)20-11-15-22(27)16-12-20/h11-18,27H,4-10H2,1-3H3. The van der Waals surface area contributed by atoms with Crippen LogP contribution in [0.4, 0.5) is 0 Å². The SMILES string of the molecule is CCOC(=O)C(C)(C)Oc1ccc(C(=C2CCCCCC2)c2ccc(O)cc2)cc1. The van der Waals surface area contributed by atoms with E-state index >= 15 is 0 Å². The summed E-state index contributed by atoms with van der Waals surface area (Å²) in [6.45, 7) is 5.55. The second kappa shape index (κ2) is 9.84. The maximum absolute atomic E-state index is 12.1. The van der Waals surface area contributed by atoms with Crippen LogP contribution in [0.5, 0.6) is 11.5 Å². The molecule has 0 saturated heterocycles. The molecule has 2 aromatic rings. The summed E-state index contributed by atoms with van der Waals surface area (Å²) in [7, 11) is 0. The van der Waals surface area contributed by atoms with Gasteiger partial charge in [0.1, 0.15) is 11.5 Å². The van der Waals surface area contributed by atoms with Gasteiger partial charge < -0.3 is 14.6 Å². The quantitative estimate of drug-likeness (QED) is 0.452. The Morgan fingerprint density at radius 2 is 1.43 bits per heavy atom. The molecule has 1 aliphatic rings. The number of hydrogen-bond donors (Lipinski definition) is 1. The fourth-order valence-corrected chi connectivity index (χ4v) is 3.94. The van der Waals surface area contributed by atoms with Gasteiger partial charge in [-0.1, -0.05) is 42.7 Å². The molecular formula is C26H32O4. The molecule has 0 bridgehead atoms. The first kappa shape index (κ1) is 21.9. The third-order valence-corrected chi connectivity index (χ3v) is 5.50. The van der Waals surface area contributed by atoms with E-state index in [4.69, 9.17) is 9.47 Å². The third kappa shape index (κ3) is 5.44. The number of allylic oxidation sites excluding steroid dienone is 1. The topological polar surface area (TPSA) is 55.8 Å². The Hall–Kier alpha value is -2.75. The molecule has 2 aromatic carbocycles. The monoisotopic (exact) mass is 408 g/mol. The third-order valence-electron chi connectivity index (χ3n) is 5.50. The first-order valence-electron chi connectivity index (χ1n) is 10.9. The van der Waals surface area contributed by atoms with E-state index in [-0.39, 0.29) is 11.7 Å². The number of benzene rings is 2. The van der Waals surface area contributed by atoms with Gasteiger partial charge in [-0.2, -0.15) is 0 Å². The number of phenolic OH excluding ortho intramolecular Hbond substituents is 1. The lowest BCUT2D eigenvalue weighted by atomic mass is 9.89. The van der Waals surface area contributed by atoms with Crippen molar-refractivity contribution in [1.29, 1.82) is 0 Å². The minimum absolute atomic E-state index is 0.272. The van der Waals surface area contributed by atoms with Gasteiger partial charge in [0, 0.05) is 0 Å². The molecule has 1 saturated carbocycles. The van der Waals surface area contributed by atoms with Crippen molar-refractivity contribution in [2.45, 2.75) is 64.9 Å². The van der Waals surface area contributed by atoms with Crippen LogP contribution < -0.4 is 4.74 Å². The van der Waals surface area contributed by atoms with Gasteiger partial charge in [-0.05, 0) is 87.4 Å². The van der Waals surface area contributed by atoms with E-state index < -0.39 is 5.60 Å². The summed E-state index contributed by atoms with van der Waals surface area (Å²) in [6.07, 6.45) is 7.19. The number of ether oxygens (including phenoxy) is 2. The first-order valence-corrected chi connectivity index (χ1v) is 10.9. The highest BCUT2D eigenvalue weighted by molar-refractivity contribution is 5.83. The van der Waals surface area contributed by atoms with E-state index in [1.54, 1.807) is 32.9 Å². The number of esters is 1. The summed E-state index contributed by atoms with van der Waals surface area (Å²) in [6, 6.07) is 15.4. The zero-order valence-corrected chi connectivity index (χ0v) is 18.2. The van der Waals surface area contributed by atoms with Crippen molar-refractivity contribution in [3.63, 3.8) is 0 Å². The number of rotatable bonds is 6. The van der Waals surface area contributed by atoms with Gasteiger partial charge in [0.2, 0.25) is 0 Å². The van der Waals surface area contributed by atoms with Gasteiger partial charge in [-0.25, -0.2) is 4.79 Å². The van der Waals surface area contributed by atoms with Crippen molar-refractivity contribution >= 4 is 11.5 Å². The summed E-state index contributed by atoms with van der Waals surface area (Å²) >= 11 is 0. The molecule has 4 nitrogen and oxygen atoms in total. The van der Waals surface area contributed by atoms with Gasteiger partial charge in [-0.15, -0.1) is 0 Å². The zero-order valence-electron chi connectivity index (χ0n) is 18.2. The van der Waals surface area contributed by atoms with Gasteiger partial charge in [0.05, 0.1) is 6.61 Å². The van der Waals surface area contributed by atoms with Gasteiger partial charge >= 0.3 is 5.97 Å². The molecule has 0 heterocycles. The van der Waals surface area contributed by atoms with Crippen molar-refractivity contribution in [2.75, 3.05) is 6.61 Å². The van der Waals surface area contributed by atoms with Crippen LogP contribution in [0, 0.1) is 0 Å². The number of carbonyl (C=O) groups excluding carboxylic acids is 1. The lowest BCUT2D eigenvalue weighted by Gasteiger charge is -2.24. The lowest BCUT2D eigenvalue weighted by Crippen LogP contribution is -2.39. The van der Waals surface area contributed by atoms with Crippen LogP contribution in [-0.4, -0.2) is 23.3 Å². The van der Waals surface area contributed by atoms with E-state index in [1.807, 2.05) is 24.3 Å². The number of carbonyl (C=O) groups is 1. The Labute approximate surface area is 179 Å². The molecule has 1 fully saturated rings. The predicted molar refractivity (Wildman–Crippen MR) is 120 cm³/mol. The summed E-state index contributed by atoms with van der Waals surface area (Å²) < 4.78 is 11.0. The molecule has 0 amide bonds. The Morgan fingerprint density at radius 1 is 0.900 bits per heavy atom. The average Bonchev–Trinajstić information content (AvgIpc) is 3.00. The zero-order chi connectivity index (χ0) is 21.6. The van der Waals surface area contributed by atoms with Gasteiger partial charge in [-0.3, -0.25) is 0 Å². The van der Waals surface area contributed by atoms with Gasteiger partial charge in [0.15, 0.2) is 5.60 Å². The molecule has 0 radical (unpaired) electrons. The minimum Gasteiger partial charge on any atom is -0.508 e. The van der Waals surface area contributed by atoms with Crippen LogP contribution in [0.25, 0.3) is 5.57 Å². The Kier molecular flexibility index (Phi) is 7.20. The smallest absolute Gasteiger partial charge is 0.349 e. The number of aromatic hydroxyl groups is 1. The Morgan fingerprint density at radius 3 is 1.97 bits per heavy atom. The van der Waals surface area contributed by atoms with Crippen molar-refractivity contribution in [2.24, 2.45) is 0 Å². The molecule has 0 spiro atoms. The molecule has 30 heavy (non-hydrogen) atoms. The van der Waals surface area contributed by atoms with Crippen LogP contribution in [0.2, 0.25) is 0 Å². The second-order valence-electron chi connectivity index (χ2n) is 8.30. The van der Waals surface area contributed by atoms with E-state index in [1.165, 1.54) is 36.8 Å². The molecule has 0 atom stereocenters. The molecule has 0 aromatic heterocycles. The second-order valence-corrected chi connectivity index (χ2v) is 8.30. The maximum atomic E-state index is 12.1. The van der Waals surface area contributed by atoms with E-state index in [0.29, 0.717) is 12.4 Å². The summed E-state index contributed by atoms with van der Waals surface area (Å²) in [5, 5.41) is 9.72. The van der Waals surface area contributed by atoms with E-state index in [0.717, 1.165) is 24.0 Å². The number of hydrogen-bond acceptors (Lipinski definition) is 4. The van der Waals surface area contributed by atoms with Crippen molar-refractivity contribution in [1.82, 2.24) is 0 Å². The minimum atomic E-state index is -1.04. The normalized spacial score (nSPS) is 14.7. The van der Waals surface area contributed by atoms with Crippen LogP contribution >= 0.6 is 0 Å². The molecule has 0 unspecified atom stereocenters. The van der Waals surface area contributed by atoms with Crippen molar-refractivity contribution < 1.29 is 19.4 Å². The van der Waals surface area contributed by atoms with Crippen LogP contribution in [0.3, 0.4) is 0 Å². The Balaban J connectivity index is 1.92.